The highest BCUT2D eigenvalue weighted by molar-refractivity contribution is 6.39. The molecule has 0 spiro atoms. The fourth-order valence-corrected chi connectivity index (χ4v) is 3.73. The van der Waals surface area contributed by atoms with Gasteiger partial charge in [0.15, 0.2) is 0 Å². The monoisotopic (exact) mass is 425 g/mol. The summed E-state index contributed by atoms with van der Waals surface area (Å²) in [5.74, 6) is -2.47. The number of carbonyl (C=O) groups excluding carboxylic acids is 3. The maximum absolute atomic E-state index is 14.3. The van der Waals surface area contributed by atoms with Crippen LogP contribution in [-0.2, 0) is 9.59 Å². The number of anilines is 1. The quantitative estimate of drug-likeness (QED) is 0.390. The van der Waals surface area contributed by atoms with E-state index in [1.807, 2.05) is 53.2 Å². The summed E-state index contributed by atoms with van der Waals surface area (Å²) in [6.07, 6.45) is 3.20. The molecule has 0 aliphatic carbocycles. The Morgan fingerprint density at radius 2 is 1.56 bits per heavy atom. The van der Waals surface area contributed by atoms with E-state index in [1.54, 1.807) is 12.1 Å². The summed E-state index contributed by atoms with van der Waals surface area (Å²) < 4.78 is 16.1. The Morgan fingerprint density at radius 3 is 2.38 bits per heavy atom. The summed E-state index contributed by atoms with van der Waals surface area (Å²) in [5.41, 5.74) is 0.903. The smallest absolute Gasteiger partial charge is 0.317 e. The van der Waals surface area contributed by atoms with Crippen molar-refractivity contribution in [3.8, 4) is 5.69 Å². The molecule has 4 amide bonds. The SMILES string of the molecule is O=C1NC(=O)N(c2ccccc2F)C(=O)/C1=C\c1cccn1-c1ccc2ccccc2c1. The van der Waals surface area contributed by atoms with Crippen molar-refractivity contribution in [1.82, 2.24) is 9.88 Å². The number of rotatable bonds is 3. The minimum atomic E-state index is -0.993. The van der Waals surface area contributed by atoms with Crippen LogP contribution in [0.4, 0.5) is 14.9 Å². The summed E-state index contributed by atoms with van der Waals surface area (Å²) in [7, 11) is 0. The Bertz CT molecular complexity index is 1440. The predicted molar refractivity (Wildman–Crippen MR) is 119 cm³/mol. The van der Waals surface area contributed by atoms with Crippen LogP contribution in [0.5, 0.6) is 0 Å². The van der Waals surface area contributed by atoms with Crippen LogP contribution in [0.15, 0.2) is 90.6 Å². The number of urea groups is 1. The third-order valence-corrected chi connectivity index (χ3v) is 5.28. The first kappa shape index (κ1) is 19.4. The number of para-hydroxylation sites is 1. The molecule has 3 aromatic carbocycles. The highest BCUT2D eigenvalue weighted by atomic mass is 19.1. The predicted octanol–water partition coefficient (Wildman–Crippen LogP) is 4.44. The molecule has 4 aromatic rings. The summed E-state index contributed by atoms with van der Waals surface area (Å²) >= 11 is 0. The third-order valence-electron chi connectivity index (χ3n) is 5.28. The third kappa shape index (κ3) is 3.26. The molecule has 6 nitrogen and oxygen atoms in total. The number of hydrogen-bond acceptors (Lipinski definition) is 3. The van der Waals surface area contributed by atoms with Crippen molar-refractivity contribution in [3.63, 3.8) is 0 Å². The summed E-state index contributed by atoms with van der Waals surface area (Å²) in [6.45, 7) is 0. The second-order valence-electron chi connectivity index (χ2n) is 7.24. The molecule has 32 heavy (non-hydrogen) atoms. The second-order valence-corrected chi connectivity index (χ2v) is 7.24. The average Bonchev–Trinajstić information content (AvgIpc) is 3.26. The summed E-state index contributed by atoms with van der Waals surface area (Å²) in [5, 5.41) is 4.24. The molecule has 0 unspecified atom stereocenters. The van der Waals surface area contributed by atoms with Crippen LogP contribution in [-0.4, -0.2) is 22.4 Å². The molecule has 1 saturated heterocycles. The van der Waals surface area contributed by atoms with Gasteiger partial charge in [-0.25, -0.2) is 14.1 Å². The van der Waals surface area contributed by atoms with Crippen LogP contribution in [0.25, 0.3) is 22.5 Å². The molecule has 5 rings (SSSR count). The van der Waals surface area contributed by atoms with Crippen molar-refractivity contribution in [3.05, 3.63) is 102 Å². The number of imide groups is 2. The molecule has 1 aromatic heterocycles. The lowest BCUT2D eigenvalue weighted by Crippen LogP contribution is -2.54. The first-order valence-corrected chi connectivity index (χ1v) is 9.85. The Labute approximate surface area is 182 Å². The van der Waals surface area contributed by atoms with Gasteiger partial charge in [0.25, 0.3) is 11.8 Å². The molecule has 0 bridgehead atoms. The molecule has 1 fully saturated rings. The lowest BCUT2D eigenvalue weighted by molar-refractivity contribution is -0.122. The molecule has 156 valence electrons. The van der Waals surface area contributed by atoms with Crippen molar-refractivity contribution >= 4 is 40.4 Å². The average molecular weight is 425 g/mol. The number of carbonyl (C=O) groups is 3. The van der Waals surface area contributed by atoms with Gasteiger partial charge in [-0.2, -0.15) is 0 Å². The van der Waals surface area contributed by atoms with Crippen molar-refractivity contribution in [2.24, 2.45) is 0 Å². The molecule has 7 heteroatoms. The largest absolute Gasteiger partial charge is 0.336 e. The fourth-order valence-electron chi connectivity index (χ4n) is 3.73. The minimum Gasteiger partial charge on any atom is -0.317 e. The van der Waals surface area contributed by atoms with E-state index in [0.29, 0.717) is 10.6 Å². The van der Waals surface area contributed by atoms with Crippen LogP contribution < -0.4 is 10.2 Å². The maximum atomic E-state index is 14.3. The molecule has 0 saturated carbocycles. The van der Waals surface area contributed by atoms with Gasteiger partial charge in [-0.05, 0) is 53.2 Å². The zero-order valence-electron chi connectivity index (χ0n) is 16.7. The van der Waals surface area contributed by atoms with Gasteiger partial charge in [0.2, 0.25) is 0 Å². The summed E-state index contributed by atoms with van der Waals surface area (Å²) in [6, 6.07) is 21.8. The van der Waals surface area contributed by atoms with Gasteiger partial charge in [-0.15, -0.1) is 0 Å². The number of aromatic nitrogens is 1. The molecule has 0 radical (unpaired) electrons. The highest BCUT2D eigenvalue weighted by Crippen LogP contribution is 2.26. The van der Waals surface area contributed by atoms with E-state index in [2.05, 4.69) is 5.32 Å². The number of halogens is 1. The number of nitrogens with zero attached hydrogens (tertiary/aromatic N) is 2. The molecule has 0 atom stereocenters. The van der Waals surface area contributed by atoms with Crippen LogP contribution in [0.1, 0.15) is 5.69 Å². The minimum absolute atomic E-state index is 0.224. The Morgan fingerprint density at radius 1 is 0.812 bits per heavy atom. The maximum Gasteiger partial charge on any atom is 0.336 e. The Balaban J connectivity index is 1.57. The van der Waals surface area contributed by atoms with Crippen molar-refractivity contribution in [1.29, 1.82) is 0 Å². The number of hydrogen-bond donors (Lipinski definition) is 1. The van der Waals surface area contributed by atoms with Crippen molar-refractivity contribution < 1.29 is 18.8 Å². The first-order chi connectivity index (χ1) is 15.5. The van der Waals surface area contributed by atoms with E-state index in [1.165, 1.54) is 24.3 Å². The molecular weight excluding hydrogens is 409 g/mol. The second kappa shape index (κ2) is 7.63. The first-order valence-electron chi connectivity index (χ1n) is 9.85. The van der Waals surface area contributed by atoms with Crippen LogP contribution >= 0.6 is 0 Å². The van der Waals surface area contributed by atoms with E-state index in [-0.39, 0.29) is 11.3 Å². The van der Waals surface area contributed by atoms with Gasteiger partial charge < -0.3 is 4.57 Å². The normalized spacial score (nSPS) is 15.5. The number of barbiturate groups is 1. The molecule has 1 aliphatic rings. The lowest BCUT2D eigenvalue weighted by atomic mass is 10.1. The van der Waals surface area contributed by atoms with Gasteiger partial charge in [-0.3, -0.25) is 14.9 Å². The van der Waals surface area contributed by atoms with E-state index in [0.717, 1.165) is 22.5 Å². The van der Waals surface area contributed by atoms with Gasteiger partial charge in [0.05, 0.1) is 5.69 Å². The highest BCUT2D eigenvalue weighted by Gasteiger charge is 2.38. The van der Waals surface area contributed by atoms with Crippen molar-refractivity contribution in [2.75, 3.05) is 4.90 Å². The van der Waals surface area contributed by atoms with Gasteiger partial charge in [0.1, 0.15) is 11.4 Å². The van der Waals surface area contributed by atoms with Crippen LogP contribution in [0.3, 0.4) is 0 Å². The Kier molecular flexibility index (Phi) is 4.63. The summed E-state index contributed by atoms with van der Waals surface area (Å²) in [4.78, 5) is 38.5. The van der Waals surface area contributed by atoms with E-state index < -0.39 is 23.7 Å². The standard InChI is InChI=1S/C25H16FN3O3/c26-21-9-3-4-10-22(21)29-24(31)20(23(30)27-25(29)32)15-18-8-5-13-28(18)19-12-11-16-6-1-2-7-17(16)14-19/h1-15H,(H,27,30,32)/b20-15-. The van der Waals surface area contributed by atoms with E-state index >= 15 is 0 Å². The number of nitrogens with one attached hydrogen (secondary N) is 1. The molecule has 1 N–H and O–H groups in total. The topological polar surface area (TPSA) is 71.4 Å². The van der Waals surface area contributed by atoms with Gasteiger partial charge in [0, 0.05) is 17.6 Å². The van der Waals surface area contributed by atoms with Crippen LogP contribution in [0.2, 0.25) is 0 Å². The molecular formula is C25H16FN3O3. The van der Waals surface area contributed by atoms with Gasteiger partial charge >= 0.3 is 6.03 Å². The van der Waals surface area contributed by atoms with E-state index in [9.17, 15) is 18.8 Å². The van der Waals surface area contributed by atoms with Gasteiger partial charge in [-0.1, -0.05) is 42.5 Å². The number of fused-ring (bicyclic) bond motifs is 1. The molecule has 1 aliphatic heterocycles. The van der Waals surface area contributed by atoms with Crippen molar-refractivity contribution in [2.45, 2.75) is 0 Å². The Hall–Kier alpha value is -4.52. The lowest BCUT2D eigenvalue weighted by Gasteiger charge is -2.26. The fraction of sp³-hybridized carbons (Fsp3) is 0. The van der Waals surface area contributed by atoms with E-state index in [4.69, 9.17) is 0 Å². The zero-order valence-corrected chi connectivity index (χ0v) is 16.7. The zero-order chi connectivity index (χ0) is 22.2. The van der Waals surface area contributed by atoms with Crippen LogP contribution in [0, 0.1) is 5.82 Å². The molecule has 2 heterocycles. The number of benzene rings is 3. The number of amides is 4.